The van der Waals surface area contributed by atoms with Crippen LogP contribution in [-0.4, -0.2) is 26.9 Å². The number of halogens is 3. The number of anilines is 2. The Morgan fingerprint density at radius 1 is 0.931 bits per heavy atom. The molecule has 0 aliphatic heterocycles. The van der Waals surface area contributed by atoms with Crippen LogP contribution in [0.1, 0.15) is 12.5 Å². The molecule has 6 nitrogen and oxygen atoms in total. The maximum Gasteiger partial charge on any atom is 0.228 e. The molecule has 1 unspecified atom stereocenters. The third-order valence-corrected chi connectivity index (χ3v) is 4.45. The average molecular weight is 474 g/mol. The summed E-state index contributed by atoms with van der Waals surface area (Å²) in [7, 11) is 0. The molecule has 4 N–H and O–H groups in total. The van der Waals surface area contributed by atoms with Gasteiger partial charge in [0.1, 0.15) is 6.17 Å². The summed E-state index contributed by atoms with van der Waals surface area (Å²) in [5.74, 6) is -0.498. The van der Waals surface area contributed by atoms with Gasteiger partial charge >= 0.3 is 0 Å². The van der Waals surface area contributed by atoms with Crippen molar-refractivity contribution in [3.8, 4) is 0 Å². The molecule has 0 spiro atoms. The molecular formula is C19H19Cl3N4O2S. The molecule has 154 valence electrons. The van der Waals surface area contributed by atoms with Crippen molar-refractivity contribution in [3.63, 3.8) is 0 Å². The van der Waals surface area contributed by atoms with E-state index >= 15 is 0 Å². The first-order chi connectivity index (χ1) is 13.6. The van der Waals surface area contributed by atoms with Gasteiger partial charge in [0.05, 0.1) is 6.42 Å². The molecule has 0 saturated carbocycles. The van der Waals surface area contributed by atoms with Crippen LogP contribution in [0.3, 0.4) is 0 Å². The molecule has 29 heavy (non-hydrogen) atoms. The van der Waals surface area contributed by atoms with Crippen LogP contribution in [0.25, 0.3) is 0 Å². The summed E-state index contributed by atoms with van der Waals surface area (Å²) in [5, 5.41) is 11.2. The van der Waals surface area contributed by atoms with Gasteiger partial charge in [-0.05, 0) is 42.0 Å². The second kappa shape index (κ2) is 10.6. The van der Waals surface area contributed by atoms with Gasteiger partial charge in [-0.2, -0.15) is 0 Å². The lowest BCUT2D eigenvalue weighted by atomic mass is 10.1. The third kappa shape index (κ3) is 8.45. The van der Waals surface area contributed by atoms with E-state index < -0.39 is 9.96 Å². The zero-order valence-corrected chi connectivity index (χ0v) is 18.4. The van der Waals surface area contributed by atoms with Crippen molar-refractivity contribution in [2.45, 2.75) is 23.3 Å². The zero-order chi connectivity index (χ0) is 21.4. The van der Waals surface area contributed by atoms with Crippen LogP contribution in [0.15, 0.2) is 54.6 Å². The summed E-state index contributed by atoms with van der Waals surface area (Å²) in [6, 6.07) is 16.0. The van der Waals surface area contributed by atoms with Crippen molar-refractivity contribution in [3.05, 3.63) is 60.2 Å². The largest absolute Gasteiger partial charge is 0.339 e. The van der Waals surface area contributed by atoms with E-state index in [2.05, 4.69) is 21.3 Å². The molecule has 0 fully saturated rings. The van der Waals surface area contributed by atoms with E-state index in [1.165, 1.54) is 6.92 Å². The first-order valence-corrected chi connectivity index (χ1v) is 10.0. The normalized spacial score (nSPS) is 11.9. The lowest BCUT2D eigenvalue weighted by Crippen LogP contribution is -2.56. The molecule has 2 rings (SSSR count). The number of hydrogen-bond acceptors (Lipinski definition) is 3. The highest BCUT2D eigenvalue weighted by Gasteiger charge is 2.34. The molecule has 0 radical (unpaired) electrons. The minimum atomic E-state index is -1.84. The van der Waals surface area contributed by atoms with Gasteiger partial charge in [-0.3, -0.25) is 9.59 Å². The maximum atomic E-state index is 12.3. The van der Waals surface area contributed by atoms with Crippen molar-refractivity contribution in [1.82, 2.24) is 10.6 Å². The van der Waals surface area contributed by atoms with Crippen molar-refractivity contribution in [2.75, 3.05) is 10.6 Å². The predicted molar refractivity (Wildman–Crippen MR) is 122 cm³/mol. The van der Waals surface area contributed by atoms with E-state index in [9.17, 15) is 9.59 Å². The molecule has 1 atom stereocenters. The fourth-order valence-electron chi connectivity index (χ4n) is 2.33. The minimum absolute atomic E-state index is 0.130. The highest BCUT2D eigenvalue weighted by atomic mass is 35.6. The van der Waals surface area contributed by atoms with Crippen molar-refractivity contribution in [1.29, 1.82) is 0 Å². The summed E-state index contributed by atoms with van der Waals surface area (Å²) in [4.78, 5) is 23.4. The highest BCUT2D eigenvalue weighted by Crippen LogP contribution is 2.29. The van der Waals surface area contributed by atoms with Crippen molar-refractivity contribution in [2.24, 2.45) is 0 Å². The van der Waals surface area contributed by atoms with Gasteiger partial charge in [0.15, 0.2) is 5.11 Å². The number of carbonyl (C=O) groups is 2. The highest BCUT2D eigenvalue weighted by molar-refractivity contribution is 7.80. The number of rotatable bonds is 6. The van der Waals surface area contributed by atoms with Gasteiger partial charge in [0.25, 0.3) is 0 Å². The van der Waals surface area contributed by atoms with E-state index in [4.69, 9.17) is 47.0 Å². The standard InChI is InChI=1S/C19H19Cl3N4O2S/c1-12(27)23-14-7-9-15(10-8-14)24-18(29)26-17(19(20,21)22)25-16(28)11-13-5-3-2-4-6-13/h2-10,17H,11H2,1H3,(H,23,27)(H,25,28)(H2,24,26,29). The van der Waals surface area contributed by atoms with Gasteiger partial charge < -0.3 is 21.3 Å². The van der Waals surface area contributed by atoms with E-state index in [0.29, 0.717) is 11.4 Å². The molecule has 0 saturated heterocycles. The van der Waals surface area contributed by atoms with Crippen LogP contribution in [0, 0.1) is 0 Å². The molecule has 2 amide bonds. The number of thiocarbonyl (C=S) groups is 1. The molecule has 0 heterocycles. The van der Waals surface area contributed by atoms with Crippen LogP contribution >= 0.6 is 47.0 Å². The molecule has 0 aromatic heterocycles. The Morgan fingerprint density at radius 2 is 1.48 bits per heavy atom. The van der Waals surface area contributed by atoms with Crippen LogP contribution in [0.2, 0.25) is 0 Å². The fraction of sp³-hybridized carbons (Fsp3) is 0.211. The topological polar surface area (TPSA) is 82.3 Å². The van der Waals surface area contributed by atoms with Crippen LogP contribution in [0.4, 0.5) is 11.4 Å². The van der Waals surface area contributed by atoms with E-state index in [-0.39, 0.29) is 23.3 Å². The van der Waals surface area contributed by atoms with Gasteiger partial charge in [-0.15, -0.1) is 0 Å². The van der Waals surface area contributed by atoms with Crippen LogP contribution in [-0.2, 0) is 16.0 Å². The summed E-state index contributed by atoms with van der Waals surface area (Å²) >= 11 is 23.2. The van der Waals surface area contributed by atoms with E-state index in [1.807, 2.05) is 30.3 Å². The van der Waals surface area contributed by atoms with E-state index in [0.717, 1.165) is 5.56 Å². The summed E-state index contributed by atoms with van der Waals surface area (Å²) < 4.78 is -1.84. The molecule has 0 aliphatic carbocycles. The Kier molecular flexibility index (Phi) is 8.52. The van der Waals surface area contributed by atoms with Crippen LogP contribution < -0.4 is 21.3 Å². The maximum absolute atomic E-state index is 12.3. The number of carbonyl (C=O) groups excluding carboxylic acids is 2. The third-order valence-electron chi connectivity index (χ3n) is 3.58. The second-order valence-electron chi connectivity index (χ2n) is 6.06. The summed E-state index contributed by atoms with van der Waals surface area (Å²) in [6.07, 6.45) is -0.924. The monoisotopic (exact) mass is 472 g/mol. The number of nitrogens with one attached hydrogen (secondary N) is 4. The van der Waals surface area contributed by atoms with Crippen molar-refractivity contribution < 1.29 is 9.59 Å². The predicted octanol–water partition coefficient (Wildman–Crippen LogP) is 3.99. The molecule has 2 aromatic rings. The zero-order valence-electron chi connectivity index (χ0n) is 15.3. The SMILES string of the molecule is CC(=O)Nc1ccc(NC(=S)NC(NC(=O)Cc2ccccc2)C(Cl)(Cl)Cl)cc1. The first-order valence-electron chi connectivity index (χ1n) is 8.48. The van der Waals surface area contributed by atoms with Gasteiger partial charge in [-0.25, -0.2) is 0 Å². The summed E-state index contributed by atoms with van der Waals surface area (Å²) in [5.41, 5.74) is 2.12. The van der Waals surface area contributed by atoms with Gasteiger partial charge in [0.2, 0.25) is 15.6 Å². The molecule has 0 bridgehead atoms. The minimum Gasteiger partial charge on any atom is -0.339 e. The number of benzene rings is 2. The van der Waals surface area contributed by atoms with E-state index in [1.54, 1.807) is 24.3 Å². The lowest BCUT2D eigenvalue weighted by molar-refractivity contribution is -0.121. The smallest absolute Gasteiger partial charge is 0.228 e. The molecule has 2 aromatic carbocycles. The lowest BCUT2D eigenvalue weighted by Gasteiger charge is -2.27. The Morgan fingerprint density at radius 3 is 2.00 bits per heavy atom. The molecular weight excluding hydrogens is 455 g/mol. The Bertz CT molecular complexity index is 858. The Labute approximate surface area is 189 Å². The number of alkyl halides is 3. The average Bonchev–Trinajstić information content (AvgIpc) is 2.62. The first kappa shape index (κ1) is 23.2. The fourth-order valence-corrected chi connectivity index (χ4v) is 2.89. The Hall–Kier alpha value is -2.06. The van der Waals surface area contributed by atoms with Gasteiger partial charge in [-0.1, -0.05) is 65.1 Å². The van der Waals surface area contributed by atoms with Gasteiger partial charge in [0, 0.05) is 18.3 Å². The van der Waals surface area contributed by atoms with Crippen molar-refractivity contribution >= 4 is 75.3 Å². The quantitative estimate of drug-likeness (QED) is 0.290. The summed E-state index contributed by atoms with van der Waals surface area (Å²) in [6.45, 7) is 1.42. The Balaban J connectivity index is 1.95. The molecule has 0 aliphatic rings. The van der Waals surface area contributed by atoms with Crippen LogP contribution in [0.5, 0.6) is 0 Å². The number of amides is 2. The number of hydrogen-bond donors (Lipinski definition) is 4. The molecule has 10 heteroatoms. The second-order valence-corrected chi connectivity index (χ2v) is 8.84.